The lowest BCUT2D eigenvalue weighted by molar-refractivity contribution is -0.138. The van der Waals surface area contributed by atoms with Gasteiger partial charge < -0.3 is 10.1 Å². The number of carbonyl (C=O) groups excluding carboxylic acids is 1. The van der Waals surface area contributed by atoms with Crippen molar-refractivity contribution in [2.45, 2.75) is 35.3 Å². The van der Waals surface area contributed by atoms with Gasteiger partial charge in [-0.25, -0.2) is 13.4 Å². The number of carbonyl (C=O) groups is 1. The molecule has 1 atom stereocenters. The number of aromatic nitrogens is 2. The van der Waals surface area contributed by atoms with Crippen molar-refractivity contribution < 1.29 is 44.3 Å². The second-order valence-electron chi connectivity index (χ2n) is 9.15. The van der Waals surface area contributed by atoms with Gasteiger partial charge in [0.25, 0.3) is 0 Å². The van der Waals surface area contributed by atoms with Crippen molar-refractivity contribution >= 4 is 44.6 Å². The van der Waals surface area contributed by atoms with Crippen LogP contribution in [0.25, 0.3) is 0 Å². The molecule has 1 amide bonds. The quantitative estimate of drug-likeness (QED) is 0.178. The van der Waals surface area contributed by atoms with E-state index < -0.39 is 62.3 Å². The van der Waals surface area contributed by atoms with Crippen LogP contribution in [0.2, 0.25) is 10.0 Å². The summed E-state index contributed by atoms with van der Waals surface area (Å²) in [7, 11) is -4.26. The van der Waals surface area contributed by atoms with E-state index in [-0.39, 0.29) is 32.9 Å². The van der Waals surface area contributed by atoms with Crippen LogP contribution in [-0.2, 0) is 27.0 Å². The minimum atomic E-state index is -4.76. The zero-order valence-electron chi connectivity index (χ0n) is 22.0. The maximum absolute atomic E-state index is 13.5. The van der Waals surface area contributed by atoms with Crippen molar-refractivity contribution in [3.05, 3.63) is 106 Å². The fourth-order valence-electron chi connectivity index (χ4n) is 3.92. The van der Waals surface area contributed by atoms with Crippen LogP contribution in [0.1, 0.15) is 34.9 Å². The van der Waals surface area contributed by atoms with Gasteiger partial charge in [0.05, 0.1) is 31.8 Å². The molecule has 4 aromatic rings. The second-order valence-corrected chi connectivity index (χ2v) is 12.1. The molecular weight excluding hydrogens is 659 g/mol. The topological polar surface area (TPSA) is 98.2 Å². The van der Waals surface area contributed by atoms with Crippen molar-refractivity contribution in [3.63, 3.8) is 0 Å². The van der Waals surface area contributed by atoms with E-state index in [1.807, 2.05) is 0 Å². The van der Waals surface area contributed by atoms with Gasteiger partial charge in [-0.05, 0) is 48.9 Å². The van der Waals surface area contributed by atoms with Crippen LogP contribution in [0.4, 0.5) is 32.0 Å². The first-order chi connectivity index (χ1) is 20.6. The minimum Gasteiger partial charge on any atom is -0.437 e. The van der Waals surface area contributed by atoms with Crippen LogP contribution in [-0.4, -0.2) is 24.3 Å². The van der Waals surface area contributed by atoms with Gasteiger partial charge in [-0.15, -0.1) is 0 Å². The van der Waals surface area contributed by atoms with Crippen LogP contribution in [0.3, 0.4) is 0 Å². The Morgan fingerprint density at radius 3 is 2.07 bits per heavy atom. The Morgan fingerprint density at radius 2 is 1.50 bits per heavy atom. The number of hydrogen-bond acceptors (Lipinski definition) is 6. The lowest BCUT2D eigenvalue weighted by Crippen LogP contribution is -2.20. The van der Waals surface area contributed by atoms with E-state index in [1.165, 1.54) is 42.5 Å². The molecule has 0 aliphatic carbocycles. The van der Waals surface area contributed by atoms with E-state index >= 15 is 0 Å². The van der Waals surface area contributed by atoms with Crippen LogP contribution in [0.15, 0.2) is 84.0 Å². The summed E-state index contributed by atoms with van der Waals surface area (Å²) < 4.78 is 110. The summed E-state index contributed by atoms with van der Waals surface area (Å²) >= 11 is 12.3. The molecule has 0 fully saturated rings. The lowest BCUT2D eigenvalue weighted by atomic mass is 10.1. The van der Waals surface area contributed by atoms with Gasteiger partial charge in [-0.2, -0.15) is 26.3 Å². The predicted octanol–water partition coefficient (Wildman–Crippen LogP) is 8.55. The molecule has 2 aromatic heterocycles. The zero-order chi connectivity index (χ0) is 32.3. The van der Waals surface area contributed by atoms with Crippen LogP contribution >= 0.6 is 23.2 Å². The molecule has 0 unspecified atom stereocenters. The van der Waals surface area contributed by atoms with Crippen molar-refractivity contribution in [2.24, 2.45) is 0 Å². The zero-order valence-corrected chi connectivity index (χ0v) is 24.3. The molecule has 4 rings (SSSR count). The molecule has 0 aliphatic rings. The summed E-state index contributed by atoms with van der Waals surface area (Å²) in [6.07, 6.45) is -9.08. The number of nitrogens with one attached hydrogen (secondary N) is 1. The maximum atomic E-state index is 13.5. The van der Waals surface area contributed by atoms with Crippen LogP contribution in [0.5, 0.6) is 11.6 Å². The number of halogens is 8. The van der Waals surface area contributed by atoms with Gasteiger partial charge in [0.15, 0.2) is 9.84 Å². The summed E-state index contributed by atoms with van der Waals surface area (Å²) in [5.41, 5.74) is -2.32. The first kappa shape index (κ1) is 33.0. The van der Waals surface area contributed by atoms with Gasteiger partial charge in [0.1, 0.15) is 11.0 Å². The second kappa shape index (κ2) is 13.0. The van der Waals surface area contributed by atoms with E-state index in [0.717, 1.165) is 12.1 Å². The molecule has 7 nitrogen and oxygen atoms in total. The van der Waals surface area contributed by atoms with Gasteiger partial charge in [0.2, 0.25) is 11.8 Å². The SMILES string of the molecule is O=C(CC[C@@H](c1ncc(C(F)(F)F)cc1Cl)S(=O)(=O)c1ccccc1)Nc1ccc(Oc2ccc(C(F)(F)F)cn2)c(Cl)c1. The highest BCUT2D eigenvalue weighted by Gasteiger charge is 2.36. The minimum absolute atomic E-state index is 0.0222. The van der Waals surface area contributed by atoms with Crippen molar-refractivity contribution in [1.29, 1.82) is 0 Å². The number of rotatable bonds is 9. The number of anilines is 1. The Labute approximate surface area is 256 Å². The molecule has 232 valence electrons. The van der Waals surface area contributed by atoms with Crippen LogP contribution < -0.4 is 10.1 Å². The molecule has 0 aliphatic heterocycles. The van der Waals surface area contributed by atoms with E-state index in [0.29, 0.717) is 18.5 Å². The largest absolute Gasteiger partial charge is 0.437 e. The average Bonchev–Trinajstić information content (AvgIpc) is 2.95. The van der Waals surface area contributed by atoms with Gasteiger partial charge in [-0.1, -0.05) is 41.4 Å². The highest BCUT2D eigenvalue weighted by atomic mass is 35.5. The Bertz CT molecular complexity index is 1750. The first-order valence-electron chi connectivity index (χ1n) is 12.4. The molecule has 0 spiro atoms. The number of nitrogens with zero attached hydrogens (tertiary/aromatic N) is 2. The van der Waals surface area contributed by atoms with Crippen molar-refractivity contribution in [3.8, 4) is 11.6 Å². The number of ether oxygens (including phenoxy) is 1. The normalized spacial score (nSPS) is 12.9. The highest BCUT2D eigenvalue weighted by Crippen LogP contribution is 2.39. The molecule has 0 saturated heterocycles. The van der Waals surface area contributed by atoms with Gasteiger partial charge in [-0.3, -0.25) is 9.78 Å². The van der Waals surface area contributed by atoms with Gasteiger partial charge in [0, 0.05) is 30.6 Å². The number of pyridine rings is 2. The predicted molar refractivity (Wildman–Crippen MR) is 149 cm³/mol. The summed E-state index contributed by atoms with van der Waals surface area (Å²) in [5, 5.41) is 0.389. The Morgan fingerprint density at radius 1 is 0.841 bits per heavy atom. The third kappa shape index (κ3) is 7.98. The number of sulfone groups is 1. The van der Waals surface area contributed by atoms with E-state index in [1.54, 1.807) is 6.07 Å². The standard InChI is InChI=1S/C28H19Cl2F6N3O4S/c29-20-13-18(7-8-22(20)43-25-11-6-16(14-37-25)27(31,32)33)39-24(40)10-9-23(44(41,42)19-4-2-1-3-5-19)26-21(30)12-17(15-38-26)28(34,35)36/h1-8,11-15,23H,9-10H2,(H,39,40)/t23-/m0/s1. The fourth-order valence-corrected chi connectivity index (χ4v) is 6.28. The monoisotopic (exact) mass is 677 g/mol. The Kier molecular flexibility index (Phi) is 9.76. The van der Waals surface area contributed by atoms with Crippen molar-refractivity contribution in [1.82, 2.24) is 9.97 Å². The number of alkyl halides is 6. The number of hydrogen-bond donors (Lipinski definition) is 1. The maximum Gasteiger partial charge on any atom is 0.417 e. The molecular formula is C28H19Cl2F6N3O4S. The number of benzene rings is 2. The first-order valence-corrected chi connectivity index (χ1v) is 14.7. The summed E-state index contributed by atoms with van der Waals surface area (Å²) in [6, 6.07) is 13.4. The fraction of sp³-hybridized carbons (Fsp3) is 0.179. The molecule has 2 aromatic carbocycles. The molecule has 0 bridgehead atoms. The molecule has 1 N–H and O–H groups in total. The van der Waals surface area contributed by atoms with E-state index in [9.17, 15) is 39.6 Å². The number of amides is 1. The van der Waals surface area contributed by atoms with Crippen LogP contribution in [0, 0.1) is 0 Å². The third-order valence-electron chi connectivity index (χ3n) is 6.08. The molecule has 0 radical (unpaired) electrons. The molecule has 2 heterocycles. The summed E-state index contributed by atoms with van der Waals surface area (Å²) in [4.78, 5) is 20.0. The highest BCUT2D eigenvalue weighted by molar-refractivity contribution is 7.91. The smallest absolute Gasteiger partial charge is 0.417 e. The molecule has 0 saturated carbocycles. The third-order valence-corrected chi connectivity index (χ3v) is 8.81. The molecule has 44 heavy (non-hydrogen) atoms. The average molecular weight is 678 g/mol. The van der Waals surface area contributed by atoms with E-state index in [4.69, 9.17) is 27.9 Å². The van der Waals surface area contributed by atoms with E-state index in [2.05, 4.69) is 15.3 Å². The summed E-state index contributed by atoms with van der Waals surface area (Å²) in [5.74, 6) is -0.817. The summed E-state index contributed by atoms with van der Waals surface area (Å²) in [6.45, 7) is 0. The molecule has 16 heteroatoms. The Hall–Kier alpha value is -3.88. The Balaban J connectivity index is 1.50. The lowest BCUT2D eigenvalue weighted by Gasteiger charge is -2.19. The van der Waals surface area contributed by atoms with Gasteiger partial charge >= 0.3 is 12.4 Å². The van der Waals surface area contributed by atoms with Crippen molar-refractivity contribution in [2.75, 3.05) is 5.32 Å².